The Morgan fingerprint density at radius 2 is 2.00 bits per heavy atom. The number of hydrogen-bond acceptors (Lipinski definition) is 3. The molecule has 0 radical (unpaired) electrons. The molecule has 0 bridgehead atoms. The SMILES string of the molecule is CCCNCc1cc(C)nc(-c2ccc(F)c(F)c2Br)n1. The summed E-state index contributed by atoms with van der Waals surface area (Å²) in [5, 5.41) is 3.26. The van der Waals surface area contributed by atoms with Gasteiger partial charge in [-0.25, -0.2) is 18.7 Å². The summed E-state index contributed by atoms with van der Waals surface area (Å²) in [7, 11) is 0. The third-order valence-electron chi connectivity index (χ3n) is 2.92. The van der Waals surface area contributed by atoms with Gasteiger partial charge < -0.3 is 5.32 Å². The maximum absolute atomic E-state index is 13.6. The number of aryl methyl sites for hydroxylation is 1. The molecule has 2 rings (SSSR count). The molecule has 0 spiro atoms. The van der Waals surface area contributed by atoms with E-state index in [1.54, 1.807) is 0 Å². The monoisotopic (exact) mass is 355 g/mol. The number of nitrogens with one attached hydrogen (secondary N) is 1. The van der Waals surface area contributed by atoms with Gasteiger partial charge in [0.25, 0.3) is 0 Å². The number of nitrogens with zero attached hydrogens (tertiary/aromatic N) is 2. The zero-order chi connectivity index (χ0) is 15.4. The lowest BCUT2D eigenvalue weighted by atomic mass is 10.2. The molecule has 21 heavy (non-hydrogen) atoms. The molecule has 0 amide bonds. The summed E-state index contributed by atoms with van der Waals surface area (Å²) < 4.78 is 26.9. The Hall–Kier alpha value is -1.40. The van der Waals surface area contributed by atoms with Crippen molar-refractivity contribution >= 4 is 15.9 Å². The van der Waals surface area contributed by atoms with Gasteiger partial charge in [0.05, 0.1) is 10.2 Å². The van der Waals surface area contributed by atoms with Gasteiger partial charge in [0.2, 0.25) is 0 Å². The molecule has 1 heterocycles. The summed E-state index contributed by atoms with van der Waals surface area (Å²) in [5.74, 6) is -1.44. The molecule has 0 atom stereocenters. The summed E-state index contributed by atoms with van der Waals surface area (Å²) in [6.07, 6.45) is 1.03. The molecule has 6 heteroatoms. The molecule has 1 N–H and O–H groups in total. The van der Waals surface area contributed by atoms with Crippen molar-refractivity contribution in [3.05, 3.63) is 45.7 Å². The number of rotatable bonds is 5. The smallest absolute Gasteiger partial charge is 0.173 e. The van der Waals surface area contributed by atoms with Gasteiger partial charge in [-0.15, -0.1) is 0 Å². The molecular formula is C15H16BrF2N3. The lowest BCUT2D eigenvalue weighted by Gasteiger charge is -2.09. The largest absolute Gasteiger partial charge is 0.311 e. The van der Waals surface area contributed by atoms with Crippen LogP contribution in [0.15, 0.2) is 22.7 Å². The van der Waals surface area contributed by atoms with Crippen molar-refractivity contribution in [3.8, 4) is 11.4 Å². The molecular weight excluding hydrogens is 340 g/mol. The highest BCUT2D eigenvalue weighted by molar-refractivity contribution is 9.10. The second-order valence-electron chi connectivity index (χ2n) is 4.72. The summed E-state index contributed by atoms with van der Waals surface area (Å²) in [6, 6.07) is 4.43. The highest BCUT2D eigenvalue weighted by Gasteiger charge is 2.15. The number of benzene rings is 1. The molecule has 2 aromatic rings. The fourth-order valence-corrected chi connectivity index (χ4v) is 2.44. The Bertz CT molecular complexity index is 647. The van der Waals surface area contributed by atoms with E-state index in [0.717, 1.165) is 30.4 Å². The average molecular weight is 356 g/mol. The third-order valence-corrected chi connectivity index (χ3v) is 3.69. The fourth-order valence-electron chi connectivity index (χ4n) is 1.94. The summed E-state index contributed by atoms with van der Waals surface area (Å²) in [4.78, 5) is 8.72. The average Bonchev–Trinajstić information content (AvgIpc) is 2.44. The van der Waals surface area contributed by atoms with Gasteiger partial charge in [-0.2, -0.15) is 0 Å². The van der Waals surface area contributed by atoms with Gasteiger partial charge in [0.1, 0.15) is 0 Å². The van der Waals surface area contributed by atoms with Crippen LogP contribution in [0.3, 0.4) is 0 Å². The van der Waals surface area contributed by atoms with Crippen molar-refractivity contribution in [2.24, 2.45) is 0 Å². The maximum atomic E-state index is 13.6. The Morgan fingerprint density at radius 1 is 1.24 bits per heavy atom. The molecule has 3 nitrogen and oxygen atoms in total. The van der Waals surface area contributed by atoms with Gasteiger partial charge in [-0.3, -0.25) is 0 Å². The van der Waals surface area contributed by atoms with Crippen molar-refractivity contribution in [2.75, 3.05) is 6.54 Å². The predicted octanol–water partition coefficient (Wildman–Crippen LogP) is 3.99. The molecule has 1 aromatic heterocycles. The van der Waals surface area contributed by atoms with E-state index in [1.807, 2.05) is 13.0 Å². The molecule has 0 aliphatic carbocycles. The van der Waals surface area contributed by atoms with Gasteiger partial charge in [0, 0.05) is 17.8 Å². The van der Waals surface area contributed by atoms with Crippen LogP contribution in [0.1, 0.15) is 24.7 Å². The first kappa shape index (κ1) is 16.0. The number of aromatic nitrogens is 2. The van der Waals surface area contributed by atoms with E-state index in [4.69, 9.17) is 0 Å². The van der Waals surface area contributed by atoms with Crippen LogP contribution < -0.4 is 5.32 Å². The van der Waals surface area contributed by atoms with E-state index < -0.39 is 11.6 Å². The van der Waals surface area contributed by atoms with Crippen LogP contribution in [0, 0.1) is 18.6 Å². The number of halogens is 3. The topological polar surface area (TPSA) is 37.8 Å². The summed E-state index contributed by atoms with van der Waals surface area (Å²) >= 11 is 3.07. The maximum Gasteiger partial charge on any atom is 0.173 e. The van der Waals surface area contributed by atoms with Crippen molar-refractivity contribution in [1.82, 2.24) is 15.3 Å². The predicted molar refractivity (Wildman–Crippen MR) is 81.8 cm³/mol. The summed E-state index contributed by atoms with van der Waals surface area (Å²) in [5.41, 5.74) is 2.04. The van der Waals surface area contributed by atoms with Crippen LogP contribution in [0.2, 0.25) is 0 Å². The zero-order valence-corrected chi connectivity index (χ0v) is 13.5. The molecule has 0 saturated carbocycles. The minimum absolute atomic E-state index is 0.0422. The Labute approximate surface area is 131 Å². The van der Waals surface area contributed by atoms with E-state index in [0.29, 0.717) is 17.9 Å². The Morgan fingerprint density at radius 3 is 2.71 bits per heavy atom. The first-order valence-corrected chi connectivity index (χ1v) is 7.51. The van der Waals surface area contributed by atoms with Crippen LogP contribution in [0.5, 0.6) is 0 Å². The standard InChI is InChI=1S/C15H16BrF2N3/c1-3-6-19-8-10-7-9(2)20-15(21-10)11-4-5-12(17)14(18)13(11)16/h4-5,7,19H,3,6,8H2,1-2H3. The van der Waals surface area contributed by atoms with E-state index in [2.05, 4.69) is 38.1 Å². The molecule has 1 aromatic carbocycles. The minimum Gasteiger partial charge on any atom is -0.311 e. The molecule has 0 aliphatic rings. The highest BCUT2D eigenvalue weighted by Crippen LogP contribution is 2.29. The van der Waals surface area contributed by atoms with Crippen LogP contribution >= 0.6 is 15.9 Å². The molecule has 112 valence electrons. The quantitative estimate of drug-likeness (QED) is 0.650. The zero-order valence-electron chi connectivity index (χ0n) is 11.9. The first-order valence-electron chi connectivity index (χ1n) is 6.72. The molecule has 0 unspecified atom stereocenters. The molecule has 0 aliphatic heterocycles. The number of hydrogen-bond donors (Lipinski definition) is 1. The third kappa shape index (κ3) is 3.83. The van der Waals surface area contributed by atoms with E-state index in [1.165, 1.54) is 6.07 Å². The van der Waals surface area contributed by atoms with Gasteiger partial charge in [0.15, 0.2) is 17.5 Å². The van der Waals surface area contributed by atoms with Crippen molar-refractivity contribution in [2.45, 2.75) is 26.8 Å². The van der Waals surface area contributed by atoms with Gasteiger partial charge in [-0.05, 0) is 54.0 Å². The second-order valence-corrected chi connectivity index (χ2v) is 5.52. The Balaban J connectivity index is 2.38. The Kier molecular flexibility index (Phi) is 5.36. The highest BCUT2D eigenvalue weighted by atomic mass is 79.9. The second kappa shape index (κ2) is 7.04. The van der Waals surface area contributed by atoms with Crippen LogP contribution in [0.4, 0.5) is 8.78 Å². The van der Waals surface area contributed by atoms with Crippen molar-refractivity contribution < 1.29 is 8.78 Å². The van der Waals surface area contributed by atoms with Crippen LogP contribution in [-0.2, 0) is 6.54 Å². The van der Waals surface area contributed by atoms with Crippen molar-refractivity contribution in [3.63, 3.8) is 0 Å². The van der Waals surface area contributed by atoms with Crippen molar-refractivity contribution in [1.29, 1.82) is 0 Å². The summed E-state index contributed by atoms with van der Waals surface area (Å²) in [6.45, 7) is 5.45. The van der Waals surface area contributed by atoms with Crippen LogP contribution in [-0.4, -0.2) is 16.5 Å². The minimum atomic E-state index is -0.928. The fraction of sp³-hybridized carbons (Fsp3) is 0.333. The van der Waals surface area contributed by atoms with Gasteiger partial charge in [-0.1, -0.05) is 6.92 Å². The van der Waals surface area contributed by atoms with E-state index in [-0.39, 0.29) is 4.47 Å². The first-order chi connectivity index (χ1) is 10.0. The molecule has 0 saturated heterocycles. The lowest BCUT2D eigenvalue weighted by molar-refractivity contribution is 0.504. The van der Waals surface area contributed by atoms with E-state index in [9.17, 15) is 8.78 Å². The molecule has 0 fully saturated rings. The van der Waals surface area contributed by atoms with E-state index >= 15 is 0 Å². The van der Waals surface area contributed by atoms with Gasteiger partial charge >= 0.3 is 0 Å². The lowest BCUT2D eigenvalue weighted by Crippen LogP contribution is -2.15. The normalized spacial score (nSPS) is 10.9. The van der Waals surface area contributed by atoms with Crippen LogP contribution in [0.25, 0.3) is 11.4 Å².